The Hall–Kier alpha value is -1.06. The van der Waals surface area contributed by atoms with Crippen molar-refractivity contribution in [3.05, 3.63) is 10.4 Å². The van der Waals surface area contributed by atoms with Crippen LogP contribution in [-0.4, -0.2) is 25.4 Å². The molecule has 0 rings (SSSR count). The fourth-order valence-corrected chi connectivity index (χ4v) is 0.399. The van der Waals surface area contributed by atoms with Crippen molar-refractivity contribution < 1.29 is 4.79 Å². The third-order valence-electron chi connectivity index (χ3n) is 1.21. The Labute approximate surface area is 59.0 Å². The van der Waals surface area contributed by atoms with E-state index in [-0.39, 0.29) is 18.4 Å². The van der Waals surface area contributed by atoms with Gasteiger partial charge in [-0.2, -0.15) is 0 Å². The van der Waals surface area contributed by atoms with E-state index in [1.807, 2.05) is 0 Å². The van der Waals surface area contributed by atoms with E-state index >= 15 is 0 Å². The highest BCUT2D eigenvalue weighted by Crippen LogP contribution is 1.84. The van der Waals surface area contributed by atoms with Crippen LogP contribution >= 0.6 is 0 Å². The summed E-state index contributed by atoms with van der Waals surface area (Å²) in [7, 11) is 1.68. The molecule has 0 aromatic rings. The fraction of sp³-hybridized carbons (Fsp3) is 0.800. The standard InChI is InChI=1S/C5H10N4O/c1-4(7-2)5(10)3-8-9-6/h4,7H,3H2,1-2H3/t4-/m0/s1. The van der Waals surface area contributed by atoms with Gasteiger partial charge in [0.15, 0.2) is 5.78 Å². The average molecular weight is 142 g/mol. The Kier molecular flexibility index (Phi) is 4.28. The quantitative estimate of drug-likeness (QED) is 0.352. The van der Waals surface area contributed by atoms with Crippen molar-refractivity contribution in [3.8, 4) is 0 Å². The van der Waals surface area contributed by atoms with E-state index in [2.05, 4.69) is 15.3 Å². The molecule has 0 fully saturated rings. The maximum atomic E-state index is 10.8. The number of likely N-dealkylation sites (N-methyl/N-ethyl adjacent to an activating group) is 1. The van der Waals surface area contributed by atoms with Gasteiger partial charge in [-0.1, -0.05) is 5.11 Å². The van der Waals surface area contributed by atoms with E-state index in [1.165, 1.54) is 0 Å². The Morgan fingerprint density at radius 3 is 2.90 bits per heavy atom. The minimum absolute atomic E-state index is 0.0709. The highest BCUT2D eigenvalue weighted by atomic mass is 16.1. The van der Waals surface area contributed by atoms with Crippen LogP contribution in [0.25, 0.3) is 10.4 Å². The first kappa shape index (κ1) is 8.94. The number of hydrogen-bond acceptors (Lipinski definition) is 3. The first-order valence-electron chi connectivity index (χ1n) is 2.93. The van der Waals surface area contributed by atoms with Gasteiger partial charge in [0, 0.05) is 4.91 Å². The number of azide groups is 1. The van der Waals surface area contributed by atoms with Crippen molar-refractivity contribution in [3.63, 3.8) is 0 Å². The minimum atomic E-state index is -0.231. The topological polar surface area (TPSA) is 77.9 Å². The highest BCUT2D eigenvalue weighted by Gasteiger charge is 2.07. The molecule has 0 heterocycles. The second-order valence-electron chi connectivity index (χ2n) is 1.87. The molecule has 0 amide bonds. The van der Waals surface area contributed by atoms with Crippen LogP contribution < -0.4 is 5.32 Å². The Bertz CT molecular complexity index is 161. The van der Waals surface area contributed by atoms with Gasteiger partial charge in [0.2, 0.25) is 0 Å². The number of hydrogen-bond donors (Lipinski definition) is 1. The Morgan fingerprint density at radius 2 is 2.50 bits per heavy atom. The molecule has 0 saturated carbocycles. The van der Waals surface area contributed by atoms with Crippen molar-refractivity contribution in [1.82, 2.24) is 5.32 Å². The third kappa shape index (κ3) is 3.06. The summed E-state index contributed by atoms with van der Waals surface area (Å²) in [5, 5.41) is 5.87. The summed E-state index contributed by atoms with van der Waals surface area (Å²) in [6.45, 7) is 1.65. The zero-order valence-electron chi connectivity index (χ0n) is 6.03. The molecule has 0 saturated heterocycles. The highest BCUT2D eigenvalue weighted by molar-refractivity contribution is 5.85. The van der Waals surface area contributed by atoms with Gasteiger partial charge in [-0.05, 0) is 19.5 Å². The first-order chi connectivity index (χ1) is 4.72. The summed E-state index contributed by atoms with van der Waals surface area (Å²) in [4.78, 5) is 13.3. The molecule has 5 heteroatoms. The predicted octanol–water partition coefficient (Wildman–Crippen LogP) is 0.474. The molecule has 0 aliphatic rings. The zero-order chi connectivity index (χ0) is 7.98. The molecular weight excluding hydrogens is 132 g/mol. The van der Waals surface area contributed by atoms with Crippen LogP contribution in [0.5, 0.6) is 0 Å². The normalized spacial score (nSPS) is 11.8. The molecule has 56 valence electrons. The number of carbonyl (C=O) groups is 1. The van der Waals surface area contributed by atoms with Gasteiger partial charge < -0.3 is 5.32 Å². The third-order valence-corrected chi connectivity index (χ3v) is 1.21. The number of nitrogens with one attached hydrogen (secondary N) is 1. The van der Waals surface area contributed by atoms with Gasteiger partial charge in [-0.3, -0.25) is 4.79 Å². The van der Waals surface area contributed by atoms with Gasteiger partial charge in [0.1, 0.15) is 0 Å². The van der Waals surface area contributed by atoms with E-state index in [0.29, 0.717) is 0 Å². The van der Waals surface area contributed by atoms with Crippen LogP contribution in [0.15, 0.2) is 5.11 Å². The molecule has 1 N–H and O–H groups in total. The van der Waals surface area contributed by atoms with Crippen LogP contribution in [0.2, 0.25) is 0 Å². The molecule has 0 unspecified atom stereocenters. The van der Waals surface area contributed by atoms with Crippen molar-refractivity contribution >= 4 is 5.78 Å². The molecule has 0 aromatic carbocycles. The summed E-state index contributed by atoms with van der Waals surface area (Å²) >= 11 is 0. The number of rotatable bonds is 4. The number of nitrogens with zero attached hydrogens (tertiary/aromatic N) is 3. The minimum Gasteiger partial charge on any atom is -0.311 e. The lowest BCUT2D eigenvalue weighted by Gasteiger charge is -2.04. The molecule has 0 aromatic heterocycles. The molecular formula is C5H10N4O. The van der Waals surface area contributed by atoms with Gasteiger partial charge in [-0.15, -0.1) is 0 Å². The second-order valence-corrected chi connectivity index (χ2v) is 1.87. The monoisotopic (exact) mass is 142 g/mol. The van der Waals surface area contributed by atoms with Gasteiger partial charge in [0.05, 0.1) is 12.6 Å². The first-order valence-corrected chi connectivity index (χ1v) is 2.93. The molecule has 0 bridgehead atoms. The summed E-state index contributed by atoms with van der Waals surface area (Å²) in [6, 6.07) is -0.231. The summed E-state index contributed by atoms with van der Waals surface area (Å²) in [5.41, 5.74) is 7.86. The van der Waals surface area contributed by atoms with Gasteiger partial charge in [0.25, 0.3) is 0 Å². The van der Waals surface area contributed by atoms with Gasteiger partial charge >= 0.3 is 0 Å². The van der Waals surface area contributed by atoms with E-state index in [9.17, 15) is 4.79 Å². The van der Waals surface area contributed by atoms with Crippen LogP contribution in [0.3, 0.4) is 0 Å². The lowest BCUT2D eigenvalue weighted by Crippen LogP contribution is -2.32. The number of carbonyl (C=O) groups excluding carboxylic acids is 1. The Morgan fingerprint density at radius 1 is 1.90 bits per heavy atom. The average Bonchev–Trinajstić information content (AvgIpc) is 1.98. The van der Waals surface area contributed by atoms with Crippen molar-refractivity contribution in [2.45, 2.75) is 13.0 Å². The van der Waals surface area contributed by atoms with Crippen molar-refractivity contribution in [2.24, 2.45) is 5.11 Å². The van der Waals surface area contributed by atoms with E-state index in [1.54, 1.807) is 14.0 Å². The molecule has 0 spiro atoms. The SMILES string of the molecule is CN[C@@H](C)C(=O)CN=[N+]=[N-]. The lowest BCUT2D eigenvalue weighted by molar-refractivity contribution is -0.119. The second kappa shape index (κ2) is 4.78. The molecule has 5 nitrogen and oxygen atoms in total. The van der Waals surface area contributed by atoms with Crippen LogP contribution in [0, 0.1) is 0 Å². The fourth-order valence-electron chi connectivity index (χ4n) is 0.399. The van der Waals surface area contributed by atoms with Crippen LogP contribution in [0.1, 0.15) is 6.92 Å². The molecule has 0 aliphatic carbocycles. The summed E-state index contributed by atoms with van der Waals surface area (Å²) < 4.78 is 0. The van der Waals surface area contributed by atoms with Gasteiger partial charge in [-0.25, -0.2) is 0 Å². The van der Waals surface area contributed by atoms with Crippen molar-refractivity contribution in [2.75, 3.05) is 13.6 Å². The molecule has 10 heavy (non-hydrogen) atoms. The maximum absolute atomic E-state index is 10.8. The van der Waals surface area contributed by atoms with E-state index in [0.717, 1.165) is 0 Å². The van der Waals surface area contributed by atoms with Crippen LogP contribution in [-0.2, 0) is 4.79 Å². The molecule has 1 atom stereocenters. The number of Topliss-reactive ketones (excluding diaryl/α,β-unsaturated/α-hetero) is 1. The molecule has 0 aliphatic heterocycles. The van der Waals surface area contributed by atoms with Crippen LogP contribution in [0.4, 0.5) is 0 Å². The largest absolute Gasteiger partial charge is 0.311 e. The smallest absolute Gasteiger partial charge is 0.155 e. The zero-order valence-corrected chi connectivity index (χ0v) is 6.03. The Balaban J connectivity index is 3.72. The summed E-state index contributed by atoms with van der Waals surface area (Å²) in [5.74, 6) is -0.0969. The lowest BCUT2D eigenvalue weighted by atomic mass is 10.2. The number of ketones is 1. The summed E-state index contributed by atoms with van der Waals surface area (Å²) in [6.07, 6.45) is 0. The van der Waals surface area contributed by atoms with E-state index in [4.69, 9.17) is 5.53 Å². The van der Waals surface area contributed by atoms with Crippen molar-refractivity contribution in [1.29, 1.82) is 0 Å². The maximum Gasteiger partial charge on any atom is 0.155 e. The van der Waals surface area contributed by atoms with E-state index < -0.39 is 0 Å². The predicted molar refractivity (Wildman–Crippen MR) is 37.5 cm³/mol. The molecule has 0 radical (unpaired) electrons.